The minimum Gasteiger partial charge on any atom is -0.356 e. The molecule has 3 rings (SSSR count). The first-order chi connectivity index (χ1) is 12.4. The molecule has 2 aliphatic heterocycles. The number of hydrogen-bond acceptors (Lipinski definition) is 4. The number of aliphatic imine (C=N–C) groups is 1. The minimum atomic E-state index is -2.85. The normalized spacial score (nSPS) is 28.4. The van der Waals surface area contributed by atoms with Crippen molar-refractivity contribution >= 4 is 21.7 Å². The van der Waals surface area contributed by atoms with Gasteiger partial charge in [-0.1, -0.05) is 19.3 Å². The van der Waals surface area contributed by atoms with Gasteiger partial charge in [-0.3, -0.25) is 9.79 Å². The van der Waals surface area contributed by atoms with E-state index in [9.17, 15) is 13.2 Å². The third kappa shape index (κ3) is 4.15. The Bertz CT molecular complexity index is 655. The first-order valence-corrected chi connectivity index (χ1v) is 11.6. The van der Waals surface area contributed by atoms with Gasteiger partial charge < -0.3 is 15.1 Å². The molecule has 0 bridgehead atoms. The molecular formula is C18H32N4O3S. The summed E-state index contributed by atoms with van der Waals surface area (Å²) in [6, 6.07) is 0. The van der Waals surface area contributed by atoms with E-state index in [0.29, 0.717) is 12.3 Å². The number of amides is 1. The molecule has 1 N–H and O–H groups in total. The largest absolute Gasteiger partial charge is 0.356 e. The Morgan fingerprint density at radius 2 is 1.96 bits per heavy atom. The molecular weight excluding hydrogens is 352 g/mol. The van der Waals surface area contributed by atoms with Crippen molar-refractivity contribution in [1.29, 1.82) is 0 Å². The highest BCUT2D eigenvalue weighted by molar-refractivity contribution is 7.91. The van der Waals surface area contributed by atoms with Crippen molar-refractivity contribution in [3.05, 3.63) is 0 Å². The van der Waals surface area contributed by atoms with E-state index in [1.807, 2.05) is 0 Å². The molecule has 0 aromatic heterocycles. The highest BCUT2D eigenvalue weighted by Gasteiger charge is 2.44. The van der Waals surface area contributed by atoms with Crippen molar-refractivity contribution < 1.29 is 13.2 Å². The zero-order chi connectivity index (χ0) is 18.8. The molecule has 148 valence electrons. The molecule has 1 amide bonds. The Labute approximate surface area is 157 Å². The van der Waals surface area contributed by atoms with Crippen molar-refractivity contribution in [2.24, 2.45) is 10.9 Å². The van der Waals surface area contributed by atoms with Gasteiger partial charge in [0.05, 0.1) is 17.0 Å². The molecule has 1 unspecified atom stereocenters. The summed E-state index contributed by atoms with van der Waals surface area (Å²) in [7, 11) is -1.08. The van der Waals surface area contributed by atoms with E-state index < -0.39 is 9.84 Å². The average Bonchev–Trinajstić information content (AvgIpc) is 2.95. The maximum atomic E-state index is 12.2. The lowest BCUT2D eigenvalue weighted by Gasteiger charge is -2.53. The smallest absolute Gasteiger partial charge is 0.220 e. The summed E-state index contributed by atoms with van der Waals surface area (Å²) in [5.41, 5.74) is -0.0728. The van der Waals surface area contributed by atoms with E-state index in [2.05, 4.69) is 20.1 Å². The lowest BCUT2D eigenvalue weighted by molar-refractivity contribution is -0.140. The third-order valence-corrected chi connectivity index (χ3v) is 8.04. The number of carbonyl (C=O) groups is 1. The molecule has 1 spiro atoms. The van der Waals surface area contributed by atoms with Crippen LogP contribution in [-0.2, 0) is 14.6 Å². The molecule has 1 atom stereocenters. The second-order valence-corrected chi connectivity index (χ2v) is 10.3. The second kappa shape index (κ2) is 7.74. The quantitative estimate of drug-likeness (QED) is 0.564. The SMILES string of the molecule is CN=C(NCC1CCS(=O)(=O)C1)N1CCN(C(C)=O)C2(CCCCC2)C1. The van der Waals surface area contributed by atoms with E-state index in [4.69, 9.17) is 0 Å². The van der Waals surface area contributed by atoms with Crippen molar-refractivity contribution in [1.82, 2.24) is 15.1 Å². The number of sulfone groups is 1. The van der Waals surface area contributed by atoms with Crippen LogP contribution in [0, 0.1) is 5.92 Å². The summed E-state index contributed by atoms with van der Waals surface area (Å²) in [5.74, 6) is 1.75. The lowest BCUT2D eigenvalue weighted by atomic mass is 9.78. The molecule has 1 aliphatic carbocycles. The zero-order valence-corrected chi connectivity index (χ0v) is 16.9. The first-order valence-electron chi connectivity index (χ1n) is 9.79. The fraction of sp³-hybridized carbons (Fsp3) is 0.889. The van der Waals surface area contributed by atoms with Crippen LogP contribution in [0.15, 0.2) is 4.99 Å². The van der Waals surface area contributed by atoms with Gasteiger partial charge in [0.1, 0.15) is 0 Å². The van der Waals surface area contributed by atoms with Crippen LogP contribution in [0.5, 0.6) is 0 Å². The van der Waals surface area contributed by atoms with Gasteiger partial charge in [-0.05, 0) is 25.2 Å². The third-order valence-electron chi connectivity index (χ3n) is 6.20. The summed E-state index contributed by atoms with van der Waals surface area (Å²) in [6.45, 7) is 4.64. The van der Waals surface area contributed by atoms with Crippen LogP contribution < -0.4 is 5.32 Å². The molecule has 2 heterocycles. The number of carbonyl (C=O) groups excluding carboxylic acids is 1. The Balaban J connectivity index is 1.65. The lowest BCUT2D eigenvalue weighted by Crippen LogP contribution is -2.66. The van der Waals surface area contributed by atoms with Gasteiger partial charge in [0.15, 0.2) is 15.8 Å². The van der Waals surface area contributed by atoms with E-state index in [1.165, 1.54) is 19.3 Å². The van der Waals surface area contributed by atoms with E-state index in [0.717, 1.165) is 44.9 Å². The number of nitrogens with one attached hydrogen (secondary N) is 1. The Morgan fingerprint density at radius 3 is 2.54 bits per heavy atom. The molecule has 8 heteroatoms. The number of rotatable bonds is 2. The molecule has 0 aromatic rings. The highest BCUT2D eigenvalue weighted by atomic mass is 32.2. The van der Waals surface area contributed by atoms with Gasteiger partial charge in [-0.25, -0.2) is 8.42 Å². The predicted octanol–water partition coefficient (Wildman–Crippen LogP) is 0.864. The monoisotopic (exact) mass is 384 g/mol. The Morgan fingerprint density at radius 1 is 1.23 bits per heavy atom. The highest BCUT2D eigenvalue weighted by Crippen LogP contribution is 2.36. The molecule has 0 radical (unpaired) electrons. The number of hydrogen-bond donors (Lipinski definition) is 1. The van der Waals surface area contributed by atoms with Crippen LogP contribution in [0.2, 0.25) is 0 Å². The van der Waals surface area contributed by atoms with Crippen molar-refractivity contribution in [3.8, 4) is 0 Å². The van der Waals surface area contributed by atoms with Crippen molar-refractivity contribution in [2.75, 3.05) is 44.7 Å². The molecule has 3 fully saturated rings. The van der Waals surface area contributed by atoms with E-state index in [1.54, 1.807) is 14.0 Å². The minimum absolute atomic E-state index is 0.0728. The summed E-state index contributed by atoms with van der Waals surface area (Å²) >= 11 is 0. The average molecular weight is 385 g/mol. The maximum absolute atomic E-state index is 12.2. The topological polar surface area (TPSA) is 82.1 Å². The van der Waals surface area contributed by atoms with Crippen molar-refractivity contribution in [3.63, 3.8) is 0 Å². The van der Waals surface area contributed by atoms with Crippen molar-refractivity contribution in [2.45, 2.75) is 51.0 Å². The van der Waals surface area contributed by atoms with Gasteiger partial charge >= 0.3 is 0 Å². The van der Waals surface area contributed by atoms with Gasteiger partial charge in [0.2, 0.25) is 5.91 Å². The van der Waals surface area contributed by atoms with E-state index in [-0.39, 0.29) is 23.1 Å². The predicted molar refractivity (Wildman–Crippen MR) is 103 cm³/mol. The molecule has 7 nitrogen and oxygen atoms in total. The fourth-order valence-corrected chi connectivity index (χ4v) is 6.75. The zero-order valence-electron chi connectivity index (χ0n) is 16.0. The van der Waals surface area contributed by atoms with Crippen LogP contribution >= 0.6 is 0 Å². The molecule has 0 aromatic carbocycles. The first kappa shape index (κ1) is 19.5. The number of nitrogens with zero attached hydrogens (tertiary/aromatic N) is 3. The molecule has 2 saturated heterocycles. The summed E-state index contributed by atoms with van der Waals surface area (Å²) in [4.78, 5) is 21.0. The molecule has 3 aliphatic rings. The maximum Gasteiger partial charge on any atom is 0.220 e. The van der Waals surface area contributed by atoms with Gasteiger partial charge in [0, 0.05) is 40.2 Å². The van der Waals surface area contributed by atoms with Crippen LogP contribution in [0.3, 0.4) is 0 Å². The van der Waals surface area contributed by atoms with Crippen LogP contribution in [0.25, 0.3) is 0 Å². The Hall–Kier alpha value is -1.31. The summed E-state index contributed by atoms with van der Waals surface area (Å²) < 4.78 is 23.3. The molecule has 1 saturated carbocycles. The molecule has 26 heavy (non-hydrogen) atoms. The van der Waals surface area contributed by atoms with Crippen LogP contribution in [-0.4, -0.2) is 80.4 Å². The van der Waals surface area contributed by atoms with Gasteiger partial charge in [-0.2, -0.15) is 0 Å². The van der Waals surface area contributed by atoms with Crippen LogP contribution in [0.4, 0.5) is 0 Å². The standard InChI is InChI=1S/C18H32N4O3S/c1-15(23)22-10-9-21(14-18(22)7-4-3-5-8-18)17(19-2)20-12-16-6-11-26(24,25)13-16/h16H,3-14H2,1-2H3,(H,19,20). The van der Waals surface area contributed by atoms with E-state index >= 15 is 0 Å². The number of guanidine groups is 1. The van der Waals surface area contributed by atoms with Gasteiger partial charge in [0.25, 0.3) is 0 Å². The van der Waals surface area contributed by atoms with Gasteiger partial charge in [-0.15, -0.1) is 0 Å². The number of piperazine rings is 1. The Kier molecular flexibility index (Phi) is 5.79. The fourth-order valence-electron chi connectivity index (χ4n) is 4.89. The second-order valence-electron chi connectivity index (χ2n) is 8.07. The summed E-state index contributed by atoms with van der Waals surface area (Å²) in [5, 5.41) is 3.39. The summed E-state index contributed by atoms with van der Waals surface area (Å²) in [6.07, 6.45) is 6.43. The van der Waals surface area contributed by atoms with Crippen LogP contribution in [0.1, 0.15) is 45.4 Å².